The summed E-state index contributed by atoms with van der Waals surface area (Å²) in [6.45, 7) is 1.58. The van der Waals surface area contributed by atoms with Crippen molar-refractivity contribution in [3.05, 3.63) is 29.8 Å². The predicted molar refractivity (Wildman–Crippen MR) is 68.7 cm³/mol. The highest BCUT2D eigenvalue weighted by Crippen LogP contribution is 2.37. The van der Waals surface area contributed by atoms with Crippen LogP contribution < -0.4 is 4.74 Å². The number of carbonyl (C=O) groups is 1. The van der Waals surface area contributed by atoms with Crippen molar-refractivity contribution >= 4 is 5.97 Å². The van der Waals surface area contributed by atoms with E-state index in [1.807, 2.05) is 31.3 Å². The van der Waals surface area contributed by atoms with Gasteiger partial charge < -0.3 is 14.4 Å². The van der Waals surface area contributed by atoms with Crippen molar-refractivity contribution in [2.45, 2.75) is 5.92 Å². The van der Waals surface area contributed by atoms with Gasteiger partial charge in [0, 0.05) is 19.0 Å². The molecule has 0 N–H and O–H groups in total. The van der Waals surface area contributed by atoms with Gasteiger partial charge in [-0.15, -0.1) is 0 Å². The highest BCUT2D eigenvalue weighted by molar-refractivity contribution is 5.74. The number of rotatable bonds is 3. The molecule has 1 heterocycles. The fraction of sp³-hybridized carbons (Fsp3) is 0.500. The molecule has 1 aliphatic rings. The number of esters is 1. The molecule has 0 saturated carbocycles. The van der Waals surface area contributed by atoms with Crippen LogP contribution in [0.25, 0.3) is 0 Å². The first-order chi connectivity index (χ1) is 8.67. The lowest BCUT2D eigenvalue weighted by Gasteiger charge is -2.19. The van der Waals surface area contributed by atoms with Crippen LogP contribution >= 0.6 is 0 Å². The van der Waals surface area contributed by atoms with Gasteiger partial charge in [0.05, 0.1) is 20.1 Å². The lowest BCUT2D eigenvalue weighted by molar-refractivity contribution is -0.145. The number of hydrogen-bond acceptors (Lipinski definition) is 4. The van der Waals surface area contributed by atoms with Crippen LogP contribution in [-0.2, 0) is 9.53 Å². The summed E-state index contributed by atoms with van der Waals surface area (Å²) < 4.78 is 10.3. The van der Waals surface area contributed by atoms with Crippen LogP contribution in [0, 0.1) is 5.92 Å². The largest absolute Gasteiger partial charge is 0.496 e. The van der Waals surface area contributed by atoms with Gasteiger partial charge >= 0.3 is 5.97 Å². The molecule has 0 aromatic heterocycles. The molecule has 4 nitrogen and oxygen atoms in total. The number of hydrogen-bond donors (Lipinski definition) is 0. The van der Waals surface area contributed by atoms with Gasteiger partial charge in [-0.1, -0.05) is 18.2 Å². The summed E-state index contributed by atoms with van der Waals surface area (Å²) in [6.07, 6.45) is 0. The number of benzene rings is 1. The maximum Gasteiger partial charge on any atom is 0.310 e. The van der Waals surface area contributed by atoms with E-state index in [0.717, 1.165) is 24.4 Å². The van der Waals surface area contributed by atoms with E-state index in [0.29, 0.717) is 0 Å². The molecule has 18 heavy (non-hydrogen) atoms. The number of para-hydroxylation sites is 1. The Balaban J connectivity index is 2.32. The minimum Gasteiger partial charge on any atom is -0.496 e. The Kier molecular flexibility index (Phi) is 3.87. The summed E-state index contributed by atoms with van der Waals surface area (Å²) in [5.41, 5.74) is 1.08. The minimum absolute atomic E-state index is 0.115. The summed E-state index contributed by atoms with van der Waals surface area (Å²) in [7, 11) is 5.12. The Hall–Kier alpha value is -1.55. The van der Waals surface area contributed by atoms with Crippen molar-refractivity contribution in [3.8, 4) is 5.75 Å². The molecule has 0 spiro atoms. The molecule has 0 bridgehead atoms. The van der Waals surface area contributed by atoms with Gasteiger partial charge in [0.15, 0.2) is 0 Å². The van der Waals surface area contributed by atoms with E-state index >= 15 is 0 Å². The molecule has 1 aliphatic heterocycles. The number of ether oxygens (including phenoxy) is 2. The van der Waals surface area contributed by atoms with Crippen LogP contribution in [0.15, 0.2) is 24.3 Å². The normalized spacial score (nSPS) is 23.9. The molecule has 1 aromatic rings. The number of likely N-dealkylation sites (N-methyl/N-ethyl adjacent to an activating group) is 1. The third-order valence-corrected chi connectivity index (χ3v) is 3.54. The molecule has 1 fully saturated rings. The third-order valence-electron chi connectivity index (χ3n) is 3.54. The molecule has 0 unspecified atom stereocenters. The quantitative estimate of drug-likeness (QED) is 0.761. The number of methoxy groups -OCH3 is 2. The van der Waals surface area contributed by atoms with E-state index in [-0.39, 0.29) is 17.8 Å². The van der Waals surface area contributed by atoms with Crippen molar-refractivity contribution < 1.29 is 14.3 Å². The SMILES string of the molecule is COC(=O)[C@H]1CN(C)C[C@H]1c1ccccc1OC. The molecule has 0 amide bonds. The molecule has 2 atom stereocenters. The molecule has 1 aromatic carbocycles. The average Bonchev–Trinajstić information content (AvgIpc) is 2.79. The zero-order valence-electron chi connectivity index (χ0n) is 11.1. The second-order valence-corrected chi connectivity index (χ2v) is 4.70. The zero-order valence-corrected chi connectivity index (χ0v) is 11.1. The van der Waals surface area contributed by atoms with Gasteiger partial charge in [0.2, 0.25) is 0 Å². The molecule has 1 saturated heterocycles. The Morgan fingerprint density at radius 1 is 1.28 bits per heavy atom. The van der Waals surface area contributed by atoms with Crippen LogP contribution in [0.3, 0.4) is 0 Å². The van der Waals surface area contributed by atoms with E-state index in [9.17, 15) is 4.79 Å². The monoisotopic (exact) mass is 249 g/mol. The van der Waals surface area contributed by atoms with Crippen LogP contribution in [-0.4, -0.2) is 45.2 Å². The maximum absolute atomic E-state index is 11.9. The summed E-state index contributed by atoms with van der Waals surface area (Å²) in [4.78, 5) is 14.0. The van der Waals surface area contributed by atoms with Crippen LogP contribution in [0.2, 0.25) is 0 Å². The van der Waals surface area contributed by atoms with E-state index in [4.69, 9.17) is 9.47 Å². The molecule has 0 radical (unpaired) electrons. The van der Waals surface area contributed by atoms with Crippen molar-refractivity contribution in [2.24, 2.45) is 5.92 Å². The number of carbonyl (C=O) groups excluding carboxylic acids is 1. The van der Waals surface area contributed by atoms with Crippen molar-refractivity contribution in [3.63, 3.8) is 0 Å². The topological polar surface area (TPSA) is 38.8 Å². The fourth-order valence-electron chi connectivity index (χ4n) is 2.68. The first-order valence-corrected chi connectivity index (χ1v) is 6.06. The van der Waals surface area contributed by atoms with Gasteiger partial charge in [-0.05, 0) is 18.7 Å². The van der Waals surface area contributed by atoms with E-state index in [1.54, 1.807) is 7.11 Å². The summed E-state index contributed by atoms with van der Waals surface area (Å²) in [5, 5.41) is 0. The second kappa shape index (κ2) is 5.40. The summed E-state index contributed by atoms with van der Waals surface area (Å²) in [5.74, 6) is 0.719. The van der Waals surface area contributed by atoms with E-state index in [2.05, 4.69) is 4.90 Å². The highest BCUT2D eigenvalue weighted by atomic mass is 16.5. The predicted octanol–water partition coefficient (Wildman–Crippen LogP) is 1.51. The van der Waals surface area contributed by atoms with Gasteiger partial charge in [0.25, 0.3) is 0 Å². The number of likely N-dealkylation sites (tertiary alicyclic amines) is 1. The Morgan fingerprint density at radius 3 is 2.67 bits per heavy atom. The standard InChI is InChI=1S/C14H19NO3/c1-15-8-11(12(9-15)14(16)18-3)10-6-4-5-7-13(10)17-2/h4-7,11-12H,8-9H2,1-3H3/t11-,12-/m0/s1. The van der Waals surface area contributed by atoms with Crippen LogP contribution in [0.1, 0.15) is 11.5 Å². The second-order valence-electron chi connectivity index (χ2n) is 4.70. The van der Waals surface area contributed by atoms with Crippen LogP contribution in [0.5, 0.6) is 5.75 Å². The lowest BCUT2D eigenvalue weighted by atomic mass is 9.88. The molecule has 2 rings (SSSR count). The van der Waals surface area contributed by atoms with Gasteiger partial charge in [-0.3, -0.25) is 4.79 Å². The molecular formula is C14H19NO3. The lowest BCUT2D eigenvalue weighted by Crippen LogP contribution is -2.23. The smallest absolute Gasteiger partial charge is 0.310 e. The van der Waals surface area contributed by atoms with Crippen molar-refractivity contribution in [1.82, 2.24) is 4.90 Å². The summed E-state index contributed by atoms with van der Waals surface area (Å²) in [6, 6.07) is 7.87. The number of nitrogens with zero attached hydrogens (tertiary/aromatic N) is 1. The fourth-order valence-corrected chi connectivity index (χ4v) is 2.68. The molecule has 4 heteroatoms. The van der Waals surface area contributed by atoms with Gasteiger partial charge in [-0.25, -0.2) is 0 Å². The van der Waals surface area contributed by atoms with Gasteiger partial charge in [-0.2, -0.15) is 0 Å². The van der Waals surface area contributed by atoms with Crippen LogP contribution in [0.4, 0.5) is 0 Å². The highest BCUT2D eigenvalue weighted by Gasteiger charge is 2.38. The van der Waals surface area contributed by atoms with E-state index in [1.165, 1.54) is 7.11 Å². The average molecular weight is 249 g/mol. The molecular weight excluding hydrogens is 230 g/mol. The molecule has 0 aliphatic carbocycles. The first-order valence-electron chi connectivity index (χ1n) is 6.06. The zero-order chi connectivity index (χ0) is 13.1. The first kappa shape index (κ1) is 12.9. The van der Waals surface area contributed by atoms with Gasteiger partial charge in [0.1, 0.15) is 5.75 Å². The Bertz CT molecular complexity index is 433. The minimum atomic E-state index is -0.143. The summed E-state index contributed by atoms with van der Waals surface area (Å²) >= 11 is 0. The Morgan fingerprint density at radius 2 is 2.00 bits per heavy atom. The van der Waals surface area contributed by atoms with Crippen molar-refractivity contribution in [1.29, 1.82) is 0 Å². The Labute approximate surface area is 107 Å². The van der Waals surface area contributed by atoms with E-state index < -0.39 is 0 Å². The third kappa shape index (κ3) is 2.34. The maximum atomic E-state index is 11.9. The van der Waals surface area contributed by atoms with Crippen molar-refractivity contribution in [2.75, 3.05) is 34.4 Å². The molecule has 98 valence electrons.